The van der Waals surface area contributed by atoms with Gasteiger partial charge in [0.25, 0.3) is 5.91 Å². The van der Waals surface area contributed by atoms with Crippen molar-refractivity contribution in [2.24, 2.45) is 23.2 Å². The predicted octanol–water partition coefficient (Wildman–Crippen LogP) is 6.15. The first-order chi connectivity index (χ1) is 15.8. The van der Waals surface area contributed by atoms with Crippen molar-refractivity contribution in [2.45, 2.75) is 72.8 Å². The van der Waals surface area contributed by atoms with Gasteiger partial charge >= 0.3 is 0 Å². The maximum absolute atomic E-state index is 13.2. The van der Waals surface area contributed by atoms with Gasteiger partial charge in [0.1, 0.15) is 0 Å². The summed E-state index contributed by atoms with van der Waals surface area (Å²) in [5, 5.41) is 16.0. The first kappa shape index (κ1) is 28.5. The Morgan fingerprint density at radius 3 is 2.79 bits per heavy atom. The first-order valence-electron chi connectivity index (χ1n) is 12.7. The number of thioether (sulfide) groups is 1. The van der Waals surface area contributed by atoms with E-state index in [1.54, 1.807) is 11.8 Å². The summed E-state index contributed by atoms with van der Waals surface area (Å²) in [6, 6.07) is 5.73. The van der Waals surface area contributed by atoms with Crippen molar-refractivity contribution in [1.82, 2.24) is 10.6 Å². The molecular formula is C27H45ClN2O2S. The van der Waals surface area contributed by atoms with Crippen molar-refractivity contribution >= 4 is 29.3 Å². The van der Waals surface area contributed by atoms with Gasteiger partial charge in [-0.2, -0.15) is 11.8 Å². The Morgan fingerprint density at radius 1 is 1.27 bits per heavy atom. The Hall–Kier alpha value is -0.750. The van der Waals surface area contributed by atoms with Gasteiger partial charge < -0.3 is 15.7 Å². The summed E-state index contributed by atoms with van der Waals surface area (Å²) in [6.45, 7) is 11.9. The minimum atomic E-state index is -0.0609. The Kier molecular flexibility index (Phi) is 12.6. The van der Waals surface area contributed by atoms with Gasteiger partial charge in [0, 0.05) is 31.1 Å². The van der Waals surface area contributed by atoms with Gasteiger partial charge in [-0.1, -0.05) is 64.6 Å². The van der Waals surface area contributed by atoms with Gasteiger partial charge in [0.15, 0.2) is 0 Å². The second-order valence-corrected chi connectivity index (χ2v) is 12.1. The summed E-state index contributed by atoms with van der Waals surface area (Å²) in [4.78, 5) is 13.2. The molecule has 188 valence electrons. The second kappa shape index (κ2) is 14.6. The molecule has 0 bridgehead atoms. The van der Waals surface area contributed by atoms with Crippen LogP contribution in [0.2, 0.25) is 5.02 Å². The van der Waals surface area contributed by atoms with E-state index in [1.807, 2.05) is 18.2 Å². The molecule has 0 aromatic heterocycles. The lowest BCUT2D eigenvalue weighted by atomic mass is 9.72. The number of halogens is 1. The normalized spacial score (nSPS) is 23.5. The van der Waals surface area contributed by atoms with E-state index in [-0.39, 0.29) is 17.9 Å². The third-order valence-electron chi connectivity index (χ3n) is 7.23. The number of rotatable bonds is 13. The van der Waals surface area contributed by atoms with Crippen molar-refractivity contribution < 1.29 is 9.90 Å². The second-order valence-electron chi connectivity index (χ2n) is 10.5. The van der Waals surface area contributed by atoms with Crippen LogP contribution in [0.4, 0.5) is 0 Å². The minimum Gasteiger partial charge on any atom is -0.396 e. The van der Waals surface area contributed by atoms with Crippen LogP contribution in [0.5, 0.6) is 0 Å². The van der Waals surface area contributed by atoms with Crippen molar-refractivity contribution in [2.75, 3.05) is 31.2 Å². The monoisotopic (exact) mass is 496 g/mol. The number of carbonyl (C=O) groups is 1. The number of nitrogens with one attached hydrogen (secondary N) is 2. The van der Waals surface area contributed by atoms with E-state index in [4.69, 9.17) is 16.7 Å². The molecule has 0 saturated heterocycles. The third-order valence-corrected chi connectivity index (χ3v) is 8.53. The zero-order valence-electron chi connectivity index (χ0n) is 21.1. The van der Waals surface area contributed by atoms with E-state index in [9.17, 15) is 4.79 Å². The molecule has 33 heavy (non-hydrogen) atoms. The highest BCUT2D eigenvalue weighted by molar-refractivity contribution is 7.99. The molecule has 3 N–H and O–H groups in total. The van der Waals surface area contributed by atoms with Gasteiger partial charge in [-0.15, -0.1) is 0 Å². The van der Waals surface area contributed by atoms with E-state index >= 15 is 0 Å². The molecule has 6 heteroatoms. The molecule has 1 aromatic rings. The highest BCUT2D eigenvalue weighted by Crippen LogP contribution is 2.43. The summed E-state index contributed by atoms with van der Waals surface area (Å²) in [6.07, 6.45) is 7.30. The van der Waals surface area contributed by atoms with Gasteiger partial charge in [-0.05, 0) is 60.1 Å². The Bertz CT molecular complexity index is 730. The van der Waals surface area contributed by atoms with Crippen LogP contribution in [-0.2, 0) is 6.54 Å². The molecule has 1 saturated carbocycles. The lowest BCUT2D eigenvalue weighted by molar-refractivity contribution is 0.0904. The maximum atomic E-state index is 13.2. The van der Waals surface area contributed by atoms with E-state index in [2.05, 4.69) is 38.3 Å². The molecule has 4 nitrogen and oxygen atoms in total. The molecule has 1 aromatic carbocycles. The molecular weight excluding hydrogens is 452 g/mol. The lowest BCUT2D eigenvalue weighted by Gasteiger charge is -2.36. The number of hydrogen-bond donors (Lipinski definition) is 3. The summed E-state index contributed by atoms with van der Waals surface area (Å²) in [5.74, 6) is 3.77. The van der Waals surface area contributed by atoms with E-state index in [0.717, 1.165) is 36.1 Å². The van der Waals surface area contributed by atoms with Crippen molar-refractivity contribution in [3.8, 4) is 0 Å². The van der Waals surface area contributed by atoms with Crippen molar-refractivity contribution in [3.05, 3.63) is 34.3 Å². The maximum Gasteiger partial charge on any atom is 0.252 e. The molecule has 1 aliphatic rings. The highest BCUT2D eigenvalue weighted by atomic mass is 35.5. The van der Waals surface area contributed by atoms with Gasteiger partial charge in [0.05, 0.1) is 17.2 Å². The van der Waals surface area contributed by atoms with Crippen LogP contribution < -0.4 is 10.6 Å². The fraction of sp³-hybridized carbons (Fsp3) is 0.741. The first-order valence-corrected chi connectivity index (χ1v) is 14.3. The molecule has 0 radical (unpaired) electrons. The number of benzene rings is 1. The summed E-state index contributed by atoms with van der Waals surface area (Å²) < 4.78 is 0. The van der Waals surface area contributed by atoms with Crippen LogP contribution in [-0.4, -0.2) is 42.2 Å². The Morgan fingerprint density at radius 2 is 2.06 bits per heavy atom. The quantitative estimate of drug-likeness (QED) is 0.226. The number of aliphatic hydroxyl groups is 1. The largest absolute Gasteiger partial charge is 0.396 e. The summed E-state index contributed by atoms with van der Waals surface area (Å²) in [5.41, 5.74) is 1.81. The van der Waals surface area contributed by atoms with Crippen molar-refractivity contribution in [1.29, 1.82) is 0 Å². The van der Waals surface area contributed by atoms with Crippen LogP contribution >= 0.6 is 23.4 Å². The van der Waals surface area contributed by atoms with Crippen LogP contribution in [0.3, 0.4) is 0 Å². The molecule has 3 atom stereocenters. The predicted molar refractivity (Wildman–Crippen MR) is 143 cm³/mol. The fourth-order valence-corrected chi connectivity index (χ4v) is 5.73. The Labute approximate surface area is 211 Å². The van der Waals surface area contributed by atoms with E-state index in [0.29, 0.717) is 29.0 Å². The number of aliphatic hydroxyl groups excluding tert-OH is 1. The fourth-order valence-electron chi connectivity index (χ4n) is 4.90. The average molecular weight is 497 g/mol. The van der Waals surface area contributed by atoms with Crippen molar-refractivity contribution in [3.63, 3.8) is 0 Å². The van der Waals surface area contributed by atoms with Crippen LogP contribution in [0, 0.1) is 23.2 Å². The summed E-state index contributed by atoms with van der Waals surface area (Å²) in [7, 11) is 0. The zero-order valence-corrected chi connectivity index (χ0v) is 22.7. The topological polar surface area (TPSA) is 61.4 Å². The van der Waals surface area contributed by atoms with Gasteiger partial charge in [-0.25, -0.2) is 0 Å². The van der Waals surface area contributed by atoms with E-state index in [1.165, 1.54) is 38.5 Å². The number of amides is 1. The van der Waals surface area contributed by atoms with E-state index < -0.39 is 0 Å². The Balaban J connectivity index is 2.01. The third kappa shape index (κ3) is 9.79. The van der Waals surface area contributed by atoms with Crippen LogP contribution in [0.25, 0.3) is 0 Å². The molecule has 0 heterocycles. The molecule has 1 aliphatic carbocycles. The SMILES string of the molecule is CC(C)CCC1(CNC(=O)c2cc(CNCCSCCO)ccc2Cl)CCCC(C)C(C)C1. The molecule has 0 spiro atoms. The molecule has 3 unspecified atom stereocenters. The molecule has 2 rings (SSSR count). The summed E-state index contributed by atoms with van der Waals surface area (Å²) >= 11 is 8.16. The standard InChI is InChI=1S/C27H45ClN2O2S/c1-20(2)9-11-27(10-5-6-21(3)22(4)17-27)19-30-26(32)24-16-23(7-8-25(24)28)18-29-12-14-33-15-13-31/h7-8,16,20-22,29,31H,5-6,9-15,17-19H2,1-4H3,(H,30,32). The van der Waals surface area contributed by atoms with Crippen LogP contribution in [0.15, 0.2) is 18.2 Å². The molecule has 1 fully saturated rings. The number of hydrogen-bond acceptors (Lipinski definition) is 4. The lowest BCUT2D eigenvalue weighted by Crippen LogP contribution is -2.39. The number of carbonyl (C=O) groups excluding carboxylic acids is 1. The smallest absolute Gasteiger partial charge is 0.252 e. The zero-order chi connectivity index (χ0) is 24.3. The molecule has 1 amide bonds. The van der Waals surface area contributed by atoms with Crippen LogP contribution in [0.1, 0.15) is 82.1 Å². The van der Waals surface area contributed by atoms with Gasteiger partial charge in [-0.3, -0.25) is 4.79 Å². The average Bonchev–Trinajstić information content (AvgIpc) is 2.92. The molecule has 0 aliphatic heterocycles. The highest BCUT2D eigenvalue weighted by Gasteiger charge is 2.36. The minimum absolute atomic E-state index is 0.0609. The van der Waals surface area contributed by atoms with Gasteiger partial charge in [0.2, 0.25) is 0 Å².